The van der Waals surface area contributed by atoms with Crippen molar-refractivity contribution in [1.29, 1.82) is 0 Å². The number of aromatic nitrogens is 2. The Morgan fingerprint density at radius 2 is 2.00 bits per heavy atom. The summed E-state index contributed by atoms with van der Waals surface area (Å²) in [5.41, 5.74) is 3.49. The third kappa shape index (κ3) is 4.73. The van der Waals surface area contributed by atoms with Crippen LogP contribution in [0.4, 0.5) is 0 Å². The lowest BCUT2D eigenvalue weighted by Gasteiger charge is -2.09. The lowest BCUT2D eigenvalue weighted by molar-refractivity contribution is 0.0950. The van der Waals surface area contributed by atoms with Crippen molar-refractivity contribution >= 4 is 21.8 Å². The molecule has 0 unspecified atom stereocenters. The van der Waals surface area contributed by atoms with Gasteiger partial charge in [-0.1, -0.05) is 28.1 Å². The highest BCUT2D eigenvalue weighted by Crippen LogP contribution is 2.17. The normalized spacial score (nSPS) is 10.6. The molecule has 5 nitrogen and oxygen atoms in total. The zero-order valence-corrected chi connectivity index (χ0v) is 16.3. The van der Waals surface area contributed by atoms with Gasteiger partial charge in [0, 0.05) is 35.4 Å². The molecule has 0 aliphatic carbocycles. The number of carbonyl (C=O) groups is 1. The Morgan fingerprint density at radius 3 is 2.69 bits per heavy atom. The summed E-state index contributed by atoms with van der Waals surface area (Å²) in [6.45, 7) is 2.80. The SMILES string of the molecule is Cc1nn(C)cc1CNC(=O)c1cccc(COc2ccc(Br)cc2)c1. The number of hydrogen-bond acceptors (Lipinski definition) is 3. The van der Waals surface area contributed by atoms with Gasteiger partial charge in [-0.25, -0.2) is 0 Å². The van der Waals surface area contributed by atoms with Crippen LogP contribution in [-0.4, -0.2) is 15.7 Å². The summed E-state index contributed by atoms with van der Waals surface area (Å²) < 4.78 is 8.52. The van der Waals surface area contributed by atoms with Gasteiger partial charge in [0.1, 0.15) is 12.4 Å². The first-order valence-corrected chi connectivity index (χ1v) is 9.05. The first-order chi connectivity index (χ1) is 12.5. The average Bonchev–Trinajstić information content (AvgIpc) is 2.96. The fraction of sp³-hybridized carbons (Fsp3) is 0.200. The van der Waals surface area contributed by atoms with E-state index in [1.807, 2.05) is 62.6 Å². The van der Waals surface area contributed by atoms with E-state index in [2.05, 4.69) is 26.3 Å². The van der Waals surface area contributed by atoms with Crippen LogP contribution in [0.15, 0.2) is 59.2 Å². The van der Waals surface area contributed by atoms with Crippen molar-refractivity contribution < 1.29 is 9.53 Å². The van der Waals surface area contributed by atoms with Crippen molar-refractivity contribution in [3.8, 4) is 5.75 Å². The van der Waals surface area contributed by atoms with Crippen molar-refractivity contribution in [2.45, 2.75) is 20.1 Å². The molecule has 2 aromatic carbocycles. The van der Waals surface area contributed by atoms with Crippen LogP contribution in [0.1, 0.15) is 27.2 Å². The standard InChI is InChI=1S/C20H20BrN3O2/c1-14-17(12-24(2)23-14)11-22-20(25)16-5-3-4-15(10-16)13-26-19-8-6-18(21)7-9-19/h3-10,12H,11,13H2,1-2H3,(H,22,25). The Hall–Kier alpha value is -2.60. The van der Waals surface area contributed by atoms with Crippen molar-refractivity contribution in [2.24, 2.45) is 7.05 Å². The van der Waals surface area contributed by atoms with Crippen LogP contribution in [0.2, 0.25) is 0 Å². The lowest BCUT2D eigenvalue weighted by atomic mass is 10.1. The summed E-state index contributed by atoms with van der Waals surface area (Å²) in [5.74, 6) is 0.675. The molecule has 0 saturated heterocycles. The highest BCUT2D eigenvalue weighted by atomic mass is 79.9. The molecule has 1 amide bonds. The van der Waals surface area contributed by atoms with Gasteiger partial charge in [0.2, 0.25) is 0 Å². The Bertz CT molecular complexity index is 904. The number of halogens is 1. The first kappa shape index (κ1) is 18.2. The number of benzene rings is 2. The fourth-order valence-corrected chi connectivity index (χ4v) is 2.86. The molecule has 1 aromatic heterocycles. The van der Waals surface area contributed by atoms with E-state index in [0.717, 1.165) is 27.0 Å². The zero-order chi connectivity index (χ0) is 18.5. The second kappa shape index (κ2) is 8.19. The van der Waals surface area contributed by atoms with Crippen LogP contribution < -0.4 is 10.1 Å². The second-order valence-electron chi connectivity index (χ2n) is 6.04. The molecule has 0 spiro atoms. The summed E-state index contributed by atoms with van der Waals surface area (Å²) in [4.78, 5) is 12.4. The van der Waals surface area contributed by atoms with Gasteiger partial charge in [0.05, 0.1) is 5.69 Å². The van der Waals surface area contributed by atoms with E-state index >= 15 is 0 Å². The summed E-state index contributed by atoms with van der Waals surface area (Å²) in [6, 6.07) is 15.1. The minimum absolute atomic E-state index is 0.112. The molecule has 3 rings (SSSR count). The van der Waals surface area contributed by atoms with E-state index in [-0.39, 0.29) is 5.91 Å². The molecular weight excluding hydrogens is 394 g/mol. The van der Waals surface area contributed by atoms with Crippen LogP contribution in [0.5, 0.6) is 5.75 Å². The Balaban J connectivity index is 1.59. The van der Waals surface area contributed by atoms with Crippen molar-refractivity contribution in [1.82, 2.24) is 15.1 Å². The van der Waals surface area contributed by atoms with Crippen LogP contribution in [-0.2, 0) is 20.2 Å². The second-order valence-corrected chi connectivity index (χ2v) is 6.95. The van der Waals surface area contributed by atoms with Crippen molar-refractivity contribution in [3.63, 3.8) is 0 Å². The van der Waals surface area contributed by atoms with E-state index in [0.29, 0.717) is 18.7 Å². The number of carbonyl (C=O) groups excluding carboxylic acids is 1. The summed E-state index contributed by atoms with van der Waals surface area (Å²) in [6.07, 6.45) is 1.91. The molecule has 0 radical (unpaired) electrons. The summed E-state index contributed by atoms with van der Waals surface area (Å²) in [5, 5.41) is 7.22. The summed E-state index contributed by atoms with van der Waals surface area (Å²) >= 11 is 3.40. The van der Waals surface area contributed by atoms with Crippen molar-refractivity contribution in [2.75, 3.05) is 0 Å². The largest absolute Gasteiger partial charge is 0.489 e. The molecule has 0 atom stereocenters. The molecule has 0 aliphatic rings. The predicted octanol–water partition coefficient (Wildman–Crippen LogP) is 4.00. The third-order valence-corrected chi connectivity index (χ3v) is 4.49. The number of rotatable bonds is 6. The van der Waals surface area contributed by atoms with Gasteiger partial charge in [0.25, 0.3) is 5.91 Å². The van der Waals surface area contributed by atoms with Gasteiger partial charge in [0.15, 0.2) is 0 Å². The van der Waals surface area contributed by atoms with Crippen LogP contribution in [0.25, 0.3) is 0 Å². The van der Waals surface area contributed by atoms with E-state index in [1.54, 1.807) is 10.7 Å². The lowest BCUT2D eigenvalue weighted by Crippen LogP contribution is -2.23. The molecule has 1 N–H and O–H groups in total. The average molecular weight is 414 g/mol. The van der Waals surface area contributed by atoms with E-state index < -0.39 is 0 Å². The Morgan fingerprint density at radius 1 is 1.23 bits per heavy atom. The Kier molecular flexibility index (Phi) is 5.73. The molecule has 0 fully saturated rings. The molecule has 0 aliphatic heterocycles. The van der Waals surface area contributed by atoms with E-state index in [4.69, 9.17) is 4.74 Å². The van der Waals surface area contributed by atoms with Gasteiger partial charge in [-0.3, -0.25) is 9.48 Å². The number of aryl methyl sites for hydroxylation is 2. The maximum atomic E-state index is 12.4. The molecule has 6 heteroatoms. The Labute approximate surface area is 161 Å². The third-order valence-electron chi connectivity index (χ3n) is 3.96. The molecule has 3 aromatic rings. The molecule has 1 heterocycles. The van der Waals surface area contributed by atoms with Gasteiger partial charge in [-0.15, -0.1) is 0 Å². The highest BCUT2D eigenvalue weighted by Gasteiger charge is 2.09. The number of nitrogens with zero attached hydrogens (tertiary/aromatic N) is 2. The van der Waals surface area contributed by atoms with Gasteiger partial charge in [-0.2, -0.15) is 5.10 Å². The smallest absolute Gasteiger partial charge is 0.251 e. The van der Waals surface area contributed by atoms with Crippen molar-refractivity contribution in [3.05, 3.63) is 81.6 Å². The number of hydrogen-bond donors (Lipinski definition) is 1. The predicted molar refractivity (Wildman–Crippen MR) is 104 cm³/mol. The monoisotopic (exact) mass is 413 g/mol. The van der Waals surface area contributed by atoms with Crippen LogP contribution >= 0.6 is 15.9 Å². The summed E-state index contributed by atoms with van der Waals surface area (Å²) in [7, 11) is 1.87. The number of amides is 1. The molecule has 26 heavy (non-hydrogen) atoms. The maximum Gasteiger partial charge on any atom is 0.251 e. The van der Waals surface area contributed by atoms with Gasteiger partial charge < -0.3 is 10.1 Å². The molecule has 0 saturated carbocycles. The van der Waals surface area contributed by atoms with Crippen LogP contribution in [0, 0.1) is 6.92 Å². The minimum Gasteiger partial charge on any atom is -0.489 e. The van der Waals surface area contributed by atoms with Gasteiger partial charge >= 0.3 is 0 Å². The minimum atomic E-state index is -0.112. The van der Waals surface area contributed by atoms with Crippen LogP contribution in [0.3, 0.4) is 0 Å². The number of nitrogens with one attached hydrogen (secondary N) is 1. The molecule has 0 bridgehead atoms. The fourth-order valence-electron chi connectivity index (χ4n) is 2.60. The number of ether oxygens (including phenoxy) is 1. The molecule has 134 valence electrons. The van der Waals surface area contributed by atoms with E-state index in [1.165, 1.54) is 0 Å². The first-order valence-electron chi connectivity index (χ1n) is 8.26. The zero-order valence-electron chi connectivity index (χ0n) is 14.7. The van der Waals surface area contributed by atoms with Gasteiger partial charge in [-0.05, 0) is 48.9 Å². The maximum absolute atomic E-state index is 12.4. The van der Waals surface area contributed by atoms with E-state index in [9.17, 15) is 4.79 Å². The highest BCUT2D eigenvalue weighted by molar-refractivity contribution is 9.10. The quantitative estimate of drug-likeness (QED) is 0.664. The topological polar surface area (TPSA) is 56.2 Å². The molecular formula is C20H20BrN3O2.